The molecule has 32 heavy (non-hydrogen) atoms. The first-order chi connectivity index (χ1) is 15.4. The zero-order chi connectivity index (χ0) is 22.8. The molecule has 1 N–H and O–H groups in total. The molecule has 8 heteroatoms. The van der Waals surface area contributed by atoms with Gasteiger partial charge in [-0.1, -0.05) is 0 Å². The topological polar surface area (TPSA) is 79.4 Å². The van der Waals surface area contributed by atoms with Gasteiger partial charge in [-0.15, -0.1) is 11.3 Å². The zero-order valence-electron chi connectivity index (χ0n) is 18.2. The summed E-state index contributed by atoms with van der Waals surface area (Å²) in [5, 5.41) is 15.0. The number of carbonyl (C=O) groups is 1. The number of rotatable bonds is 5. The van der Waals surface area contributed by atoms with E-state index < -0.39 is 0 Å². The van der Waals surface area contributed by atoms with Gasteiger partial charge < -0.3 is 9.30 Å². The average molecular weight is 558 g/mol. The maximum Gasteiger partial charge on any atom is 0.271 e. The lowest BCUT2D eigenvalue weighted by Crippen LogP contribution is -2.17. The number of methoxy groups -OCH3 is 1. The Labute approximate surface area is 205 Å². The molecular weight excluding hydrogens is 535 g/mol. The Bertz CT molecular complexity index is 1270. The van der Waals surface area contributed by atoms with E-state index in [0.29, 0.717) is 11.3 Å². The monoisotopic (exact) mass is 558 g/mol. The number of nitrogens with one attached hydrogen (secondary N) is 1. The van der Waals surface area contributed by atoms with E-state index in [0.717, 1.165) is 50.3 Å². The normalized spacial score (nSPS) is 13.1. The van der Waals surface area contributed by atoms with Crippen molar-refractivity contribution < 1.29 is 9.53 Å². The number of benzene rings is 1. The van der Waals surface area contributed by atoms with Crippen LogP contribution in [-0.4, -0.2) is 23.8 Å². The van der Waals surface area contributed by atoms with Crippen molar-refractivity contribution in [2.24, 2.45) is 5.10 Å². The number of nitriles is 1. The Balaban J connectivity index is 1.58. The van der Waals surface area contributed by atoms with E-state index in [-0.39, 0.29) is 5.91 Å². The van der Waals surface area contributed by atoms with Crippen LogP contribution in [0.3, 0.4) is 0 Å². The number of thiophene rings is 1. The summed E-state index contributed by atoms with van der Waals surface area (Å²) < 4.78 is 8.35. The Kier molecular flexibility index (Phi) is 6.67. The van der Waals surface area contributed by atoms with Gasteiger partial charge in [0.1, 0.15) is 16.8 Å². The summed E-state index contributed by atoms with van der Waals surface area (Å²) in [6.45, 7) is 4.04. The largest absolute Gasteiger partial charge is 0.496 e. The molecule has 0 unspecified atom stereocenters. The summed E-state index contributed by atoms with van der Waals surface area (Å²) in [7, 11) is 1.58. The van der Waals surface area contributed by atoms with E-state index >= 15 is 0 Å². The van der Waals surface area contributed by atoms with Crippen molar-refractivity contribution in [2.75, 3.05) is 7.11 Å². The van der Waals surface area contributed by atoms with E-state index in [9.17, 15) is 10.1 Å². The van der Waals surface area contributed by atoms with Gasteiger partial charge in [0.2, 0.25) is 0 Å². The molecule has 0 bridgehead atoms. The average Bonchev–Trinajstić information content (AvgIpc) is 3.29. The van der Waals surface area contributed by atoms with Gasteiger partial charge in [0.15, 0.2) is 0 Å². The van der Waals surface area contributed by atoms with Gasteiger partial charge in [-0.05, 0) is 92.0 Å². The van der Waals surface area contributed by atoms with Gasteiger partial charge in [-0.2, -0.15) is 10.4 Å². The smallest absolute Gasteiger partial charge is 0.271 e. The van der Waals surface area contributed by atoms with E-state index in [1.165, 1.54) is 16.9 Å². The molecule has 1 aliphatic carbocycles. The van der Waals surface area contributed by atoms with Crippen LogP contribution in [0.1, 0.15) is 56.2 Å². The van der Waals surface area contributed by atoms with Crippen molar-refractivity contribution in [3.8, 4) is 16.8 Å². The Hall–Kier alpha value is -2.64. The summed E-state index contributed by atoms with van der Waals surface area (Å²) in [5.74, 6) is 0.347. The highest BCUT2D eigenvalue weighted by Crippen LogP contribution is 2.38. The molecular formula is C24H23IN4O2S. The van der Waals surface area contributed by atoms with Gasteiger partial charge in [0, 0.05) is 27.4 Å². The van der Waals surface area contributed by atoms with Crippen LogP contribution in [0.5, 0.6) is 5.75 Å². The summed E-state index contributed by atoms with van der Waals surface area (Å²) in [4.78, 5) is 13.8. The summed E-state index contributed by atoms with van der Waals surface area (Å²) in [6, 6.07) is 9.74. The van der Waals surface area contributed by atoms with Crippen molar-refractivity contribution in [3.05, 3.63) is 66.4 Å². The third kappa shape index (κ3) is 4.19. The Morgan fingerprint density at radius 2 is 2.09 bits per heavy atom. The summed E-state index contributed by atoms with van der Waals surface area (Å²) >= 11 is 3.88. The minimum Gasteiger partial charge on any atom is -0.496 e. The molecule has 0 spiro atoms. The minimum absolute atomic E-state index is 0.303. The molecule has 0 saturated heterocycles. The third-order valence-corrected chi connectivity index (χ3v) is 7.89. The molecule has 4 rings (SSSR count). The number of hydrazone groups is 1. The molecule has 3 aromatic rings. The predicted octanol–water partition coefficient (Wildman–Crippen LogP) is 5.28. The van der Waals surface area contributed by atoms with Crippen LogP contribution < -0.4 is 10.2 Å². The van der Waals surface area contributed by atoms with Crippen molar-refractivity contribution in [1.82, 2.24) is 9.99 Å². The maximum absolute atomic E-state index is 12.5. The quantitative estimate of drug-likeness (QED) is 0.263. The third-order valence-electron chi connectivity index (χ3n) is 5.72. The van der Waals surface area contributed by atoms with Crippen molar-refractivity contribution >= 4 is 46.0 Å². The number of aryl methyl sites for hydroxylation is 2. The molecule has 1 aliphatic rings. The lowest BCUT2D eigenvalue weighted by atomic mass is 9.96. The lowest BCUT2D eigenvalue weighted by molar-refractivity contribution is 0.0954. The van der Waals surface area contributed by atoms with Crippen LogP contribution in [0.15, 0.2) is 29.4 Å². The van der Waals surface area contributed by atoms with E-state index in [1.807, 2.05) is 26.0 Å². The second-order valence-electron chi connectivity index (χ2n) is 7.71. The molecule has 0 saturated carbocycles. The predicted molar refractivity (Wildman–Crippen MR) is 135 cm³/mol. The highest BCUT2D eigenvalue weighted by atomic mass is 127. The Morgan fingerprint density at radius 3 is 2.84 bits per heavy atom. The number of fused-ring (bicyclic) bond motifs is 1. The minimum atomic E-state index is -0.303. The first-order valence-corrected chi connectivity index (χ1v) is 12.2. The molecule has 1 amide bonds. The molecule has 0 fully saturated rings. The number of halogens is 1. The van der Waals surface area contributed by atoms with Crippen LogP contribution in [0.2, 0.25) is 0 Å². The number of amides is 1. The highest BCUT2D eigenvalue weighted by molar-refractivity contribution is 14.1. The molecule has 0 aliphatic heterocycles. The molecule has 2 heterocycles. The fourth-order valence-corrected chi connectivity index (χ4v) is 6.09. The van der Waals surface area contributed by atoms with Gasteiger partial charge in [-0.3, -0.25) is 4.79 Å². The van der Waals surface area contributed by atoms with Gasteiger partial charge in [0.25, 0.3) is 5.91 Å². The summed E-state index contributed by atoms with van der Waals surface area (Å²) in [6.07, 6.45) is 6.02. The number of hydrogen-bond acceptors (Lipinski definition) is 5. The number of ether oxygens (including phenoxy) is 1. The first-order valence-electron chi connectivity index (χ1n) is 10.4. The van der Waals surface area contributed by atoms with Crippen LogP contribution in [0, 0.1) is 28.7 Å². The van der Waals surface area contributed by atoms with Crippen LogP contribution in [-0.2, 0) is 12.8 Å². The van der Waals surface area contributed by atoms with E-state index in [2.05, 4.69) is 43.8 Å². The number of hydrogen-bond donors (Lipinski definition) is 1. The Morgan fingerprint density at radius 1 is 1.31 bits per heavy atom. The van der Waals surface area contributed by atoms with Gasteiger partial charge >= 0.3 is 0 Å². The molecule has 1 aromatic carbocycles. The zero-order valence-corrected chi connectivity index (χ0v) is 21.1. The van der Waals surface area contributed by atoms with Crippen LogP contribution in [0.25, 0.3) is 5.00 Å². The molecule has 6 nitrogen and oxygen atoms in total. The van der Waals surface area contributed by atoms with Crippen LogP contribution in [0.4, 0.5) is 0 Å². The number of nitrogens with zero attached hydrogens (tertiary/aromatic N) is 3. The van der Waals surface area contributed by atoms with Gasteiger partial charge in [0.05, 0.1) is 22.5 Å². The second kappa shape index (κ2) is 9.46. The van der Waals surface area contributed by atoms with Crippen molar-refractivity contribution in [3.63, 3.8) is 0 Å². The standard InChI is InChI=1S/C24H23IN4O2S/c1-14-10-17(13-27-28-23(30)16-8-9-20(25)21(11-16)31-3)15(2)29(14)24-19(12-26)18-6-4-5-7-22(18)32-24/h8-11,13H,4-7H2,1-3H3,(H,28,30). The molecule has 164 valence electrons. The first kappa shape index (κ1) is 22.6. The van der Waals surface area contributed by atoms with Crippen LogP contribution >= 0.6 is 33.9 Å². The number of aromatic nitrogens is 1. The van der Waals surface area contributed by atoms with Crippen molar-refractivity contribution in [2.45, 2.75) is 39.5 Å². The SMILES string of the molecule is COc1cc(C(=O)NN=Cc2cc(C)n(-c3sc4c(c3C#N)CCCC4)c2C)ccc1I. The van der Waals surface area contributed by atoms with Crippen molar-refractivity contribution in [1.29, 1.82) is 5.26 Å². The van der Waals surface area contributed by atoms with E-state index in [4.69, 9.17) is 4.74 Å². The molecule has 2 aromatic heterocycles. The van der Waals surface area contributed by atoms with E-state index in [1.54, 1.807) is 36.8 Å². The maximum atomic E-state index is 12.5. The lowest BCUT2D eigenvalue weighted by Gasteiger charge is -2.10. The van der Waals surface area contributed by atoms with Gasteiger partial charge in [-0.25, -0.2) is 5.43 Å². The second-order valence-corrected chi connectivity index (χ2v) is 9.96. The summed E-state index contributed by atoms with van der Waals surface area (Å²) in [5.41, 5.74) is 8.02. The highest BCUT2D eigenvalue weighted by Gasteiger charge is 2.23. The fraction of sp³-hybridized carbons (Fsp3) is 0.292. The molecule has 0 radical (unpaired) electrons. The molecule has 0 atom stereocenters. The fourth-order valence-electron chi connectivity index (χ4n) is 4.08. The number of carbonyl (C=O) groups excluding carboxylic acids is 1.